The van der Waals surface area contributed by atoms with E-state index in [4.69, 9.17) is 0 Å². The van der Waals surface area contributed by atoms with Gasteiger partial charge in [0, 0.05) is 18.2 Å². The standard InChI is InChI=1S/C13H18FNO/c1-10-5-2-3-8-15(10)13-11(9-16)6-4-7-12(13)14/h4,6-7,10,16H,2-3,5,8-9H2,1H3. The van der Waals surface area contributed by atoms with Crippen LogP contribution in [-0.4, -0.2) is 17.7 Å². The fourth-order valence-corrected chi connectivity index (χ4v) is 2.44. The van der Waals surface area contributed by atoms with E-state index < -0.39 is 0 Å². The van der Waals surface area contributed by atoms with Crippen LogP contribution in [-0.2, 0) is 6.61 Å². The summed E-state index contributed by atoms with van der Waals surface area (Å²) >= 11 is 0. The second kappa shape index (κ2) is 4.83. The van der Waals surface area contributed by atoms with Crippen LogP contribution in [0.15, 0.2) is 18.2 Å². The Labute approximate surface area is 95.7 Å². The monoisotopic (exact) mass is 223 g/mol. The van der Waals surface area contributed by atoms with Crippen LogP contribution in [0.1, 0.15) is 31.7 Å². The first-order valence-electron chi connectivity index (χ1n) is 5.89. The molecule has 0 amide bonds. The molecule has 2 rings (SSSR count). The van der Waals surface area contributed by atoms with Crippen LogP contribution in [0, 0.1) is 5.82 Å². The first kappa shape index (κ1) is 11.4. The van der Waals surface area contributed by atoms with Crippen LogP contribution < -0.4 is 4.90 Å². The molecule has 1 N–H and O–H groups in total. The zero-order chi connectivity index (χ0) is 11.5. The molecule has 16 heavy (non-hydrogen) atoms. The van der Waals surface area contributed by atoms with Crippen molar-refractivity contribution in [1.82, 2.24) is 0 Å². The van der Waals surface area contributed by atoms with Gasteiger partial charge < -0.3 is 10.0 Å². The molecule has 3 heteroatoms. The zero-order valence-corrected chi connectivity index (χ0v) is 9.62. The van der Waals surface area contributed by atoms with E-state index in [2.05, 4.69) is 11.8 Å². The number of para-hydroxylation sites is 1. The van der Waals surface area contributed by atoms with Gasteiger partial charge in [0.1, 0.15) is 5.82 Å². The van der Waals surface area contributed by atoms with Gasteiger partial charge in [-0.1, -0.05) is 12.1 Å². The molecule has 0 aliphatic carbocycles. The highest BCUT2D eigenvalue weighted by atomic mass is 19.1. The molecule has 88 valence electrons. The average molecular weight is 223 g/mol. The molecule has 1 aromatic carbocycles. The van der Waals surface area contributed by atoms with Crippen molar-refractivity contribution in [3.8, 4) is 0 Å². The van der Waals surface area contributed by atoms with Crippen LogP contribution in [0.4, 0.5) is 10.1 Å². The second-order valence-corrected chi connectivity index (χ2v) is 4.44. The normalized spacial score (nSPS) is 21.2. The van der Waals surface area contributed by atoms with Crippen molar-refractivity contribution < 1.29 is 9.50 Å². The van der Waals surface area contributed by atoms with Crippen molar-refractivity contribution >= 4 is 5.69 Å². The summed E-state index contributed by atoms with van der Waals surface area (Å²) in [6.45, 7) is 2.90. The maximum Gasteiger partial charge on any atom is 0.146 e. The summed E-state index contributed by atoms with van der Waals surface area (Å²) in [5.74, 6) is -0.222. The molecule has 1 atom stereocenters. The van der Waals surface area contributed by atoms with E-state index in [1.807, 2.05) is 0 Å². The molecule has 1 aromatic rings. The van der Waals surface area contributed by atoms with Crippen molar-refractivity contribution in [1.29, 1.82) is 0 Å². The summed E-state index contributed by atoms with van der Waals surface area (Å²) in [6, 6.07) is 5.27. The molecule has 1 aliphatic heterocycles. The quantitative estimate of drug-likeness (QED) is 0.833. The molecule has 0 aromatic heterocycles. The van der Waals surface area contributed by atoms with Gasteiger partial charge in [0.2, 0.25) is 0 Å². The van der Waals surface area contributed by atoms with Crippen molar-refractivity contribution in [3.05, 3.63) is 29.6 Å². The van der Waals surface area contributed by atoms with E-state index in [-0.39, 0.29) is 12.4 Å². The van der Waals surface area contributed by atoms with Crippen LogP contribution >= 0.6 is 0 Å². The van der Waals surface area contributed by atoms with E-state index in [0.29, 0.717) is 17.3 Å². The minimum Gasteiger partial charge on any atom is -0.392 e. The molecule has 1 saturated heterocycles. The number of hydrogen-bond donors (Lipinski definition) is 1. The highest BCUT2D eigenvalue weighted by Gasteiger charge is 2.23. The Morgan fingerprint density at radius 2 is 2.25 bits per heavy atom. The molecule has 1 unspecified atom stereocenters. The van der Waals surface area contributed by atoms with Crippen LogP contribution in [0.5, 0.6) is 0 Å². The number of halogens is 1. The average Bonchev–Trinajstić information content (AvgIpc) is 2.30. The Morgan fingerprint density at radius 3 is 2.94 bits per heavy atom. The molecule has 1 aliphatic rings. The lowest BCUT2D eigenvalue weighted by Gasteiger charge is -2.36. The van der Waals surface area contributed by atoms with E-state index >= 15 is 0 Å². The topological polar surface area (TPSA) is 23.5 Å². The number of piperidine rings is 1. The predicted molar refractivity (Wildman–Crippen MR) is 63.0 cm³/mol. The summed E-state index contributed by atoms with van der Waals surface area (Å²) in [5.41, 5.74) is 1.28. The summed E-state index contributed by atoms with van der Waals surface area (Å²) in [7, 11) is 0. The molecule has 0 bridgehead atoms. The van der Waals surface area contributed by atoms with Crippen molar-refractivity contribution in [2.45, 2.75) is 38.8 Å². The maximum absolute atomic E-state index is 13.8. The minimum atomic E-state index is -0.222. The van der Waals surface area contributed by atoms with E-state index in [0.717, 1.165) is 19.4 Å². The molecule has 0 saturated carbocycles. The zero-order valence-electron chi connectivity index (χ0n) is 9.62. The van der Waals surface area contributed by atoms with E-state index in [9.17, 15) is 9.50 Å². The summed E-state index contributed by atoms with van der Waals surface area (Å²) in [4.78, 5) is 2.09. The molecular weight excluding hydrogens is 205 g/mol. The molecule has 0 spiro atoms. The fourth-order valence-electron chi connectivity index (χ4n) is 2.44. The van der Waals surface area contributed by atoms with Crippen molar-refractivity contribution in [2.75, 3.05) is 11.4 Å². The van der Waals surface area contributed by atoms with Gasteiger partial charge in [0.05, 0.1) is 12.3 Å². The van der Waals surface area contributed by atoms with Crippen LogP contribution in [0.25, 0.3) is 0 Å². The molecule has 1 heterocycles. The largest absolute Gasteiger partial charge is 0.392 e. The minimum absolute atomic E-state index is 0.101. The smallest absolute Gasteiger partial charge is 0.146 e. The number of nitrogens with zero attached hydrogens (tertiary/aromatic N) is 1. The third-order valence-corrected chi connectivity index (χ3v) is 3.33. The number of benzene rings is 1. The first-order valence-corrected chi connectivity index (χ1v) is 5.89. The SMILES string of the molecule is CC1CCCCN1c1c(F)cccc1CO. The third-order valence-electron chi connectivity index (χ3n) is 3.33. The molecular formula is C13H18FNO. The van der Waals surface area contributed by atoms with Gasteiger partial charge in [-0.3, -0.25) is 0 Å². The Morgan fingerprint density at radius 1 is 1.44 bits per heavy atom. The first-order chi connectivity index (χ1) is 7.74. The molecule has 1 fully saturated rings. The van der Waals surface area contributed by atoms with Crippen LogP contribution in [0.2, 0.25) is 0 Å². The van der Waals surface area contributed by atoms with E-state index in [1.165, 1.54) is 12.5 Å². The molecule has 0 radical (unpaired) electrons. The Kier molecular flexibility index (Phi) is 3.44. The lowest BCUT2D eigenvalue weighted by molar-refractivity contribution is 0.281. The Hall–Kier alpha value is -1.09. The lowest BCUT2D eigenvalue weighted by atomic mass is 10.0. The van der Waals surface area contributed by atoms with Gasteiger partial charge in [-0.15, -0.1) is 0 Å². The lowest BCUT2D eigenvalue weighted by Crippen LogP contribution is -2.38. The summed E-state index contributed by atoms with van der Waals surface area (Å²) in [5, 5.41) is 9.27. The number of aliphatic hydroxyl groups excluding tert-OH is 1. The molecule has 2 nitrogen and oxygen atoms in total. The number of anilines is 1. The highest BCUT2D eigenvalue weighted by Crippen LogP contribution is 2.30. The third kappa shape index (κ3) is 2.05. The van der Waals surface area contributed by atoms with Gasteiger partial charge in [-0.05, 0) is 32.3 Å². The summed E-state index contributed by atoms with van der Waals surface area (Å²) in [6.07, 6.45) is 3.41. The highest BCUT2D eigenvalue weighted by molar-refractivity contribution is 5.55. The van der Waals surface area contributed by atoms with Gasteiger partial charge in [-0.25, -0.2) is 4.39 Å². The van der Waals surface area contributed by atoms with Gasteiger partial charge in [-0.2, -0.15) is 0 Å². The second-order valence-electron chi connectivity index (χ2n) is 4.44. The number of aliphatic hydroxyl groups is 1. The van der Waals surface area contributed by atoms with Crippen LogP contribution in [0.3, 0.4) is 0 Å². The van der Waals surface area contributed by atoms with Gasteiger partial charge in [0.15, 0.2) is 0 Å². The maximum atomic E-state index is 13.8. The predicted octanol–water partition coefficient (Wildman–Crippen LogP) is 2.70. The van der Waals surface area contributed by atoms with Gasteiger partial charge in [0.25, 0.3) is 0 Å². The summed E-state index contributed by atoms with van der Waals surface area (Å²) < 4.78 is 13.8. The van der Waals surface area contributed by atoms with Crippen molar-refractivity contribution in [2.24, 2.45) is 0 Å². The number of hydrogen-bond acceptors (Lipinski definition) is 2. The van der Waals surface area contributed by atoms with E-state index in [1.54, 1.807) is 12.1 Å². The Balaban J connectivity index is 2.37. The fraction of sp³-hybridized carbons (Fsp3) is 0.538. The Bertz CT molecular complexity index is 367. The number of rotatable bonds is 2. The van der Waals surface area contributed by atoms with Crippen molar-refractivity contribution in [3.63, 3.8) is 0 Å². The van der Waals surface area contributed by atoms with Gasteiger partial charge >= 0.3 is 0 Å².